The van der Waals surface area contributed by atoms with Gasteiger partial charge < -0.3 is 4.90 Å². The summed E-state index contributed by atoms with van der Waals surface area (Å²) in [6.07, 6.45) is 1.14. The number of fused-ring (bicyclic) bond motifs is 1. The molecule has 0 bridgehead atoms. The van der Waals surface area contributed by atoms with Gasteiger partial charge in [0.1, 0.15) is 11.9 Å². The van der Waals surface area contributed by atoms with Gasteiger partial charge in [-0.2, -0.15) is 18.3 Å². The molecule has 4 rings (SSSR count). The summed E-state index contributed by atoms with van der Waals surface area (Å²) in [6.45, 7) is 1.83. The molecule has 28 heavy (non-hydrogen) atoms. The number of nitrogens with zero attached hydrogens (tertiary/aromatic N) is 4. The van der Waals surface area contributed by atoms with Crippen LogP contribution in [0, 0.1) is 11.8 Å². The molecule has 1 unspecified atom stereocenters. The van der Waals surface area contributed by atoms with Crippen molar-refractivity contribution in [3.05, 3.63) is 16.3 Å². The molecule has 1 atom stereocenters. The maximum atomic E-state index is 13.0. The summed E-state index contributed by atoms with van der Waals surface area (Å²) in [7, 11) is 0. The Morgan fingerprint density at radius 1 is 1.04 bits per heavy atom. The SMILES string of the molecule is O=C(C1CCCc2nn(CC3CCC(C(F)(F)F)CC3)c(=O)n21)N1CCCC1. The number of aromatic nitrogens is 3. The predicted molar refractivity (Wildman–Crippen MR) is 95.8 cm³/mol. The summed E-state index contributed by atoms with van der Waals surface area (Å²) in [5.74, 6) is -0.553. The minimum absolute atomic E-state index is 0.00536. The Kier molecular flexibility index (Phi) is 5.26. The largest absolute Gasteiger partial charge is 0.391 e. The minimum Gasteiger partial charge on any atom is -0.341 e. The number of alkyl halides is 3. The second-order valence-electron chi connectivity index (χ2n) is 8.45. The summed E-state index contributed by atoms with van der Waals surface area (Å²) < 4.78 is 41.5. The number of likely N-dealkylation sites (tertiary alicyclic amines) is 1. The number of amides is 1. The second-order valence-corrected chi connectivity index (χ2v) is 8.45. The van der Waals surface area contributed by atoms with Crippen LogP contribution in [0.2, 0.25) is 0 Å². The second kappa shape index (κ2) is 7.55. The molecule has 2 aliphatic heterocycles. The molecule has 1 aromatic rings. The molecule has 6 nitrogen and oxygen atoms in total. The molecule has 2 fully saturated rings. The zero-order valence-electron chi connectivity index (χ0n) is 16.0. The van der Waals surface area contributed by atoms with Crippen molar-refractivity contribution < 1.29 is 18.0 Å². The molecule has 0 radical (unpaired) electrons. The molecule has 1 aromatic heterocycles. The van der Waals surface area contributed by atoms with Gasteiger partial charge in [0.15, 0.2) is 0 Å². The minimum atomic E-state index is -4.13. The van der Waals surface area contributed by atoms with Gasteiger partial charge in [-0.15, -0.1) is 0 Å². The summed E-state index contributed by atoms with van der Waals surface area (Å²) in [5, 5.41) is 4.45. The van der Waals surface area contributed by atoms with Gasteiger partial charge in [-0.05, 0) is 57.3 Å². The topological polar surface area (TPSA) is 60.1 Å². The van der Waals surface area contributed by atoms with E-state index in [-0.39, 0.29) is 30.4 Å². The van der Waals surface area contributed by atoms with Gasteiger partial charge in [-0.1, -0.05) is 0 Å². The van der Waals surface area contributed by atoms with Crippen molar-refractivity contribution in [2.45, 2.75) is 76.6 Å². The van der Waals surface area contributed by atoms with E-state index in [1.807, 2.05) is 4.90 Å². The van der Waals surface area contributed by atoms with Gasteiger partial charge in [0.2, 0.25) is 5.91 Å². The lowest BCUT2D eigenvalue weighted by Crippen LogP contribution is -2.41. The highest BCUT2D eigenvalue weighted by Crippen LogP contribution is 2.39. The normalized spacial score (nSPS) is 28.4. The maximum absolute atomic E-state index is 13.0. The van der Waals surface area contributed by atoms with E-state index in [1.54, 1.807) is 4.57 Å². The average Bonchev–Trinajstić information content (AvgIpc) is 3.30. The van der Waals surface area contributed by atoms with Crippen LogP contribution >= 0.6 is 0 Å². The Balaban J connectivity index is 1.47. The van der Waals surface area contributed by atoms with Crippen molar-refractivity contribution >= 4 is 5.91 Å². The molecule has 1 aliphatic carbocycles. The number of rotatable bonds is 3. The Bertz CT molecular complexity index is 771. The molecule has 3 heterocycles. The fraction of sp³-hybridized carbons (Fsp3) is 0.842. The molecule has 1 saturated heterocycles. The van der Waals surface area contributed by atoms with Crippen LogP contribution in [0.4, 0.5) is 13.2 Å². The Labute approximate surface area is 161 Å². The van der Waals surface area contributed by atoms with E-state index < -0.39 is 18.1 Å². The number of carbonyl (C=O) groups is 1. The number of hydrogen-bond acceptors (Lipinski definition) is 3. The first kappa shape index (κ1) is 19.5. The molecule has 1 amide bonds. The van der Waals surface area contributed by atoms with Gasteiger partial charge in [0.25, 0.3) is 0 Å². The summed E-state index contributed by atoms with van der Waals surface area (Å²) >= 11 is 0. The van der Waals surface area contributed by atoms with Crippen molar-refractivity contribution in [2.24, 2.45) is 11.8 Å². The van der Waals surface area contributed by atoms with Crippen LogP contribution in [0.25, 0.3) is 0 Å². The first-order chi connectivity index (χ1) is 13.3. The van der Waals surface area contributed by atoms with Crippen molar-refractivity contribution in [1.29, 1.82) is 0 Å². The van der Waals surface area contributed by atoms with Crippen LogP contribution in [0.1, 0.15) is 63.2 Å². The smallest absolute Gasteiger partial charge is 0.341 e. The summed E-state index contributed by atoms with van der Waals surface area (Å²) in [6, 6.07) is -0.482. The average molecular weight is 400 g/mol. The van der Waals surface area contributed by atoms with Crippen molar-refractivity contribution in [1.82, 2.24) is 19.2 Å². The molecular formula is C19H27F3N4O2. The molecule has 0 aromatic carbocycles. The van der Waals surface area contributed by atoms with Crippen LogP contribution in [0.15, 0.2) is 4.79 Å². The van der Waals surface area contributed by atoms with E-state index >= 15 is 0 Å². The van der Waals surface area contributed by atoms with Crippen LogP contribution in [-0.2, 0) is 17.8 Å². The van der Waals surface area contributed by atoms with Gasteiger partial charge >= 0.3 is 11.9 Å². The van der Waals surface area contributed by atoms with Gasteiger partial charge in [-0.25, -0.2) is 9.48 Å². The lowest BCUT2D eigenvalue weighted by Gasteiger charge is -2.29. The third-order valence-electron chi connectivity index (χ3n) is 6.57. The van der Waals surface area contributed by atoms with E-state index in [9.17, 15) is 22.8 Å². The van der Waals surface area contributed by atoms with E-state index in [0.717, 1.165) is 32.4 Å². The first-order valence-electron chi connectivity index (χ1n) is 10.4. The fourth-order valence-electron chi connectivity index (χ4n) is 4.95. The Hall–Kier alpha value is -1.80. The molecule has 9 heteroatoms. The third-order valence-corrected chi connectivity index (χ3v) is 6.57. The Morgan fingerprint density at radius 2 is 1.71 bits per heavy atom. The lowest BCUT2D eigenvalue weighted by molar-refractivity contribution is -0.184. The van der Waals surface area contributed by atoms with Gasteiger partial charge in [0, 0.05) is 26.1 Å². The number of aryl methyl sites for hydroxylation is 1. The zero-order valence-corrected chi connectivity index (χ0v) is 16.0. The molecule has 1 saturated carbocycles. The molecular weight excluding hydrogens is 373 g/mol. The van der Waals surface area contributed by atoms with Crippen molar-refractivity contribution in [3.8, 4) is 0 Å². The van der Waals surface area contributed by atoms with E-state index in [0.29, 0.717) is 38.1 Å². The lowest BCUT2D eigenvalue weighted by atomic mass is 9.81. The van der Waals surface area contributed by atoms with Crippen LogP contribution in [0.3, 0.4) is 0 Å². The van der Waals surface area contributed by atoms with Crippen LogP contribution in [-0.4, -0.2) is 44.4 Å². The highest BCUT2D eigenvalue weighted by atomic mass is 19.4. The highest BCUT2D eigenvalue weighted by Gasteiger charge is 2.41. The first-order valence-corrected chi connectivity index (χ1v) is 10.4. The quantitative estimate of drug-likeness (QED) is 0.784. The molecule has 156 valence electrons. The number of hydrogen-bond donors (Lipinski definition) is 0. The van der Waals surface area contributed by atoms with Crippen molar-refractivity contribution in [3.63, 3.8) is 0 Å². The zero-order chi connectivity index (χ0) is 19.9. The van der Waals surface area contributed by atoms with E-state index in [1.165, 1.54) is 4.68 Å². The summed E-state index contributed by atoms with van der Waals surface area (Å²) in [4.78, 5) is 27.7. The maximum Gasteiger partial charge on any atom is 0.391 e. The monoisotopic (exact) mass is 400 g/mol. The van der Waals surface area contributed by atoms with Crippen LogP contribution < -0.4 is 5.69 Å². The van der Waals surface area contributed by atoms with E-state index in [4.69, 9.17) is 0 Å². The fourth-order valence-corrected chi connectivity index (χ4v) is 4.95. The number of halogens is 3. The predicted octanol–water partition coefficient (Wildman–Crippen LogP) is 2.91. The van der Waals surface area contributed by atoms with Crippen molar-refractivity contribution in [2.75, 3.05) is 13.1 Å². The summed E-state index contributed by atoms with van der Waals surface area (Å²) in [5.41, 5.74) is -0.287. The molecule has 0 spiro atoms. The standard InChI is InChI=1S/C19H27F3N4O2/c20-19(21,22)14-8-6-13(7-9-14)12-25-18(28)26-15(4-3-5-16(26)23-25)17(27)24-10-1-2-11-24/h13-15H,1-12H2. The molecule has 3 aliphatic rings. The van der Waals surface area contributed by atoms with E-state index in [2.05, 4.69) is 5.10 Å². The van der Waals surface area contributed by atoms with Gasteiger partial charge in [0.05, 0.1) is 5.92 Å². The van der Waals surface area contributed by atoms with Crippen LogP contribution in [0.5, 0.6) is 0 Å². The highest BCUT2D eigenvalue weighted by molar-refractivity contribution is 5.80. The third kappa shape index (κ3) is 3.72. The van der Waals surface area contributed by atoms with Gasteiger partial charge in [-0.3, -0.25) is 9.36 Å². The Morgan fingerprint density at radius 3 is 2.36 bits per heavy atom. The number of carbonyl (C=O) groups excluding carboxylic acids is 1. The molecule has 0 N–H and O–H groups in total.